The van der Waals surface area contributed by atoms with E-state index in [-0.39, 0.29) is 5.41 Å². The summed E-state index contributed by atoms with van der Waals surface area (Å²) < 4.78 is 2.35. The SMILES string of the molecule is CCCCC(CCC)C(Cn1ccnc1)(c1ccccc1)C1CCCC1. The average molecular weight is 353 g/mol. The number of rotatable bonds is 10. The maximum atomic E-state index is 4.36. The van der Waals surface area contributed by atoms with Crippen LogP contribution in [-0.2, 0) is 12.0 Å². The highest BCUT2D eigenvalue weighted by atomic mass is 15.0. The van der Waals surface area contributed by atoms with Gasteiger partial charge in [0.15, 0.2) is 0 Å². The van der Waals surface area contributed by atoms with Crippen molar-refractivity contribution >= 4 is 0 Å². The van der Waals surface area contributed by atoms with Gasteiger partial charge in [-0.25, -0.2) is 4.98 Å². The number of imidazole rings is 1. The van der Waals surface area contributed by atoms with Gasteiger partial charge in [0.2, 0.25) is 0 Å². The first-order valence-corrected chi connectivity index (χ1v) is 10.8. The second-order valence-corrected chi connectivity index (χ2v) is 8.25. The molecule has 0 N–H and O–H groups in total. The Morgan fingerprint density at radius 3 is 2.46 bits per heavy atom. The summed E-state index contributed by atoms with van der Waals surface area (Å²) in [6.45, 7) is 5.77. The van der Waals surface area contributed by atoms with E-state index in [0.717, 1.165) is 18.4 Å². The summed E-state index contributed by atoms with van der Waals surface area (Å²) in [5.41, 5.74) is 1.80. The van der Waals surface area contributed by atoms with E-state index < -0.39 is 0 Å². The summed E-state index contributed by atoms with van der Waals surface area (Å²) in [4.78, 5) is 4.36. The minimum Gasteiger partial charge on any atom is -0.337 e. The summed E-state index contributed by atoms with van der Waals surface area (Å²) in [7, 11) is 0. The number of aromatic nitrogens is 2. The van der Waals surface area contributed by atoms with Crippen molar-refractivity contribution in [2.24, 2.45) is 11.8 Å². The van der Waals surface area contributed by atoms with Crippen LogP contribution in [0.2, 0.25) is 0 Å². The van der Waals surface area contributed by atoms with Crippen LogP contribution in [0.4, 0.5) is 0 Å². The summed E-state index contributed by atoms with van der Waals surface area (Å²) in [6, 6.07) is 11.5. The van der Waals surface area contributed by atoms with Gasteiger partial charge in [0.25, 0.3) is 0 Å². The average Bonchev–Trinajstić information content (AvgIpc) is 3.38. The number of unbranched alkanes of at least 4 members (excludes halogenated alkanes) is 1. The van der Waals surface area contributed by atoms with E-state index in [2.05, 4.69) is 59.9 Å². The fourth-order valence-corrected chi connectivity index (χ4v) is 5.48. The molecule has 0 radical (unpaired) electrons. The van der Waals surface area contributed by atoms with E-state index in [0.29, 0.717) is 0 Å². The molecule has 1 saturated carbocycles. The van der Waals surface area contributed by atoms with Crippen LogP contribution in [0.25, 0.3) is 0 Å². The molecule has 2 heteroatoms. The molecule has 1 fully saturated rings. The van der Waals surface area contributed by atoms with Gasteiger partial charge in [0, 0.05) is 24.4 Å². The molecule has 142 valence electrons. The fraction of sp³-hybridized carbons (Fsp3) is 0.625. The zero-order valence-electron chi connectivity index (χ0n) is 16.7. The van der Waals surface area contributed by atoms with Gasteiger partial charge in [-0.1, -0.05) is 76.3 Å². The molecule has 1 heterocycles. The van der Waals surface area contributed by atoms with Crippen LogP contribution in [0.5, 0.6) is 0 Å². The Labute approximate surface area is 160 Å². The van der Waals surface area contributed by atoms with Gasteiger partial charge >= 0.3 is 0 Å². The van der Waals surface area contributed by atoms with Gasteiger partial charge in [0.1, 0.15) is 0 Å². The molecule has 2 nitrogen and oxygen atoms in total. The Balaban J connectivity index is 2.08. The lowest BCUT2D eigenvalue weighted by atomic mass is 9.59. The van der Waals surface area contributed by atoms with Crippen molar-refractivity contribution in [1.29, 1.82) is 0 Å². The molecule has 26 heavy (non-hydrogen) atoms. The molecule has 0 bridgehead atoms. The molecule has 2 atom stereocenters. The molecule has 2 aromatic rings. The number of nitrogens with zero attached hydrogens (tertiary/aromatic N) is 2. The molecule has 0 aliphatic heterocycles. The Bertz CT molecular complexity index is 613. The van der Waals surface area contributed by atoms with Gasteiger partial charge in [-0.2, -0.15) is 0 Å². The monoisotopic (exact) mass is 352 g/mol. The quantitative estimate of drug-likeness (QED) is 0.470. The Morgan fingerprint density at radius 1 is 1.08 bits per heavy atom. The van der Waals surface area contributed by atoms with Crippen LogP contribution in [0.3, 0.4) is 0 Å². The molecule has 1 aromatic carbocycles. The third kappa shape index (κ3) is 4.05. The fourth-order valence-electron chi connectivity index (χ4n) is 5.48. The van der Waals surface area contributed by atoms with Crippen LogP contribution in [0.1, 0.15) is 77.2 Å². The van der Waals surface area contributed by atoms with Crippen molar-refractivity contribution in [3.05, 3.63) is 54.6 Å². The van der Waals surface area contributed by atoms with Gasteiger partial charge in [0.05, 0.1) is 6.33 Å². The third-order valence-corrected chi connectivity index (χ3v) is 6.67. The lowest BCUT2D eigenvalue weighted by molar-refractivity contribution is 0.122. The molecule has 1 aliphatic carbocycles. The van der Waals surface area contributed by atoms with Crippen molar-refractivity contribution in [3.63, 3.8) is 0 Å². The number of benzene rings is 1. The van der Waals surface area contributed by atoms with Crippen LogP contribution in [0.15, 0.2) is 49.1 Å². The first-order valence-electron chi connectivity index (χ1n) is 10.8. The lowest BCUT2D eigenvalue weighted by Crippen LogP contribution is -2.45. The first kappa shape index (κ1) is 19.2. The predicted octanol–water partition coefficient (Wildman–Crippen LogP) is 6.62. The van der Waals surface area contributed by atoms with E-state index in [1.54, 1.807) is 5.56 Å². The van der Waals surface area contributed by atoms with E-state index in [1.807, 2.05) is 12.5 Å². The molecular weight excluding hydrogens is 316 g/mol. The molecule has 3 rings (SSSR count). The standard InChI is InChI=1S/C24H36N2/c1-3-5-12-21(11-4-2)24(23-15-9-10-16-23,19-26-18-17-25-20-26)22-13-7-6-8-14-22/h6-8,13-14,17-18,20-21,23H,3-5,9-12,15-16,19H2,1-2H3. The van der Waals surface area contributed by atoms with Gasteiger partial charge in [-0.3, -0.25) is 0 Å². The zero-order chi connectivity index (χ0) is 18.2. The predicted molar refractivity (Wildman–Crippen MR) is 110 cm³/mol. The van der Waals surface area contributed by atoms with Crippen molar-refractivity contribution in [2.75, 3.05) is 0 Å². The smallest absolute Gasteiger partial charge is 0.0946 e. The minimum atomic E-state index is 0.240. The van der Waals surface area contributed by atoms with E-state index in [9.17, 15) is 0 Å². The molecule has 2 unspecified atom stereocenters. The van der Waals surface area contributed by atoms with Crippen molar-refractivity contribution in [2.45, 2.75) is 83.6 Å². The molecule has 0 saturated heterocycles. The second-order valence-electron chi connectivity index (χ2n) is 8.25. The van der Waals surface area contributed by atoms with Crippen molar-refractivity contribution < 1.29 is 0 Å². The number of hydrogen-bond donors (Lipinski definition) is 0. The Kier molecular flexibility index (Phi) is 6.93. The lowest BCUT2D eigenvalue weighted by Gasteiger charge is -2.47. The van der Waals surface area contributed by atoms with Crippen molar-refractivity contribution in [1.82, 2.24) is 9.55 Å². The normalized spacial score (nSPS) is 18.7. The highest BCUT2D eigenvalue weighted by Crippen LogP contribution is 2.51. The van der Waals surface area contributed by atoms with Crippen molar-refractivity contribution in [3.8, 4) is 0 Å². The van der Waals surface area contributed by atoms with Gasteiger partial charge in [-0.15, -0.1) is 0 Å². The first-order chi connectivity index (χ1) is 12.8. The molecule has 1 aromatic heterocycles. The molecule has 0 amide bonds. The Morgan fingerprint density at radius 2 is 1.85 bits per heavy atom. The maximum absolute atomic E-state index is 4.36. The van der Waals surface area contributed by atoms with Gasteiger partial charge in [-0.05, 0) is 43.1 Å². The summed E-state index contributed by atoms with van der Waals surface area (Å²) in [5.74, 6) is 1.54. The molecule has 1 aliphatic rings. The second kappa shape index (κ2) is 9.39. The van der Waals surface area contributed by atoms with E-state index >= 15 is 0 Å². The molecule has 0 spiro atoms. The highest BCUT2D eigenvalue weighted by molar-refractivity contribution is 5.28. The van der Waals surface area contributed by atoms with Crippen LogP contribution < -0.4 is 0 Å². The summed E-state index contributed by atoms with van der Waals surface area (Å²) in [6.07, 6.45) is 18.3. The summed E-state index contributed by atoms with van der Waals surface area (Å²) in [5, 5.41) is 0. The molecular formula is C24H36N2. The highest BCUT2D eigenvalue weighted by Gasteiger charge is 2.46. The largest absolute Gasteiger partial charge is 0.337 e. The summed E-state index contributed by atoms with van der Waals surface area (Å²) >= 11 is 0. The van der Waals surface area contributed by atoms with Crippen LogP contribution >= 0.6 is 0 Å². The maximum Gasteiger partial charge on any atom is 0.0946 e. The third-order valence-electron chi connectivity index (χ3n) is 6.67. The van der Waals surface area contributed by atoms with E-state index in [1.165, 1.54) is 57.8 Å². The van der Waals surface area contributed by atoms with Crippen LogP contribution in [0, 0.1) is 11.8 Å². The Hall–Kier alpha value is -1.57. The number of hydrogen-bond acceptors (Lipinski definition) is 1. The van der Waals surface area contributed by atoms with E-state index in [4.69, 9.17) is 0 Å². The van der Waals surface area contributed by atoms with Crippen LogP contribution in [-0.4, -0.2) is 9.55 Å². The zero-order valence-corrected chi connectivity index (χ0v) is 16.7. The topological polar surface area (TPSA) is 17.8 Å². The minimum absolute atomic E-state index is 0.240. The van der Waals surface area contributed by atoms with Gasteiger partial charge < -0.3 is 4.57 Å².